The van der Waals surface area contributed by atoms with Crippen molar-refractivity contribution in [1.29, 1.82) is 0 Å². The summed E-state index contributed by atoms with van der Waals surface area (Å²) in [6, 6.07) is 8.33. The van der Waals surface area contributed by atoms with Gasteiger partial charge in [0, 0.05) is 6.20 Å². The van der Waals surface area contributed by atoms with Crippen molar-refractivity contribution in [2.75, 3.05) is 6.61 Å². The quantitative estimate of drug-likeness (QED) is 0.520. The zero-order valence-electron chi connectivity index (χ0n) is 13.7. The fourth-order valence-corrected chi connectivity index (χ4v) is 3.82. The molecule has 0 N–H and O–H groups in total. The molecule has 2 aromatic rings. The standard InChI is InChI=1S/C17H16F5NO2S/c1-2-25-16(24)17(9-12-5-3-4-6-13(12)10-17)14-7-8-15(23-11-14)26(18,19,20,21)22/h3-8,11H,2,9-10H2,1H3. The number of rotatable bonds is 4. The fourth-order valence-electron chi connectivity index (χ4n) is 3.24. The Balaban J connectivity index is 2.07. The minimum atomic E-state index is -9.86. The van der Waals surface area contributed by atoms with Crippen molar-refractivity contribution in [2.24, 2.45) is 0 Å². The average molecular weight is 393 g/mol. The van der Waals surface area contributed by atoms with Gasteiger partial charge in [0.1, 0.15) is 5.41 Å². The number of halogens is 5. The summed E-state index contributed by atoms with van der Waals surface area (Å²) >= 11 is 0. The number of hydrogen-bond donors (Lipinski definition) is 0. The predicted octanol–water partition coefficient (Wildman–Crippen LogP) is 5.34. The molecule has 1 heterocycles. The van der Waals surface area contributed by atoms with Crippen LogP contribution >= 0.6 is 10.2 Å². The van der Waals surface area contributed by atoms with E-state index in [1.165, 1.54) is 0 Å². The third-order valence-electron chi connectivity index (χ3n) is 4.45. The second-order valence-electron chi connectivity index (χ2n) is 6.28. The summed E-state index contributed by atoms with van der Waals surface area (Å²) in [5, 5.41) is -2.22. The van der Waals surface area contributed by atoms with Crippen LogP contribution in [0.3, 0.4) is 0 Å². The van der Waals surface area contributed by atoms with Gasteiger partial charge < -0.3 is 4.74 Å². The Labute approximate surface area is 146 Å². The summed E-state index contributed by atoms with van der Waals surface area (Å²) in [4.78, 5) is 15.6. The molecule has 9 heteroatoms. The molecular weight excluding hydrogens is 377 g/mol. The molecule has 26 heavy (non-hydrogen) atoms. The number of carbonyl (C=O) groups excluding carboxylic acids is 1. The van der Waals surface area contributed by atoms with E-state index in [4.69, 9.17) is 4.74 Å². The maximum Gasteiger partial charge on any atom is 0.325 e. The fraction of sp³-hybridized carbons (Fsp3) is 0.294. The molecule has 142 valence electrons. The lowest BCUT2D eigenvalue weighted by Crippen LogP contribution is -2.38. The summed E-state index contributed by atoms with van der Waals surface area (Å²) in [6.07, 6.45) is 1.12. The lowest BCUT2D eigenvalue weighted by molar-refractivity contribution is -0.149. The topological polar surface area (TPSA) is 39.2 Å². The summed E-state index contributed by atoms with van der Waals surface area (Å²) in [5.41, 5.74) is 0.565. The molecule has 0 fully saturated rings. The minimum absolute atomic E-state index is 0.0912. The molecule has 1 aliphatic rings. The monoisotopic (exact) mass is 393 g/mol. The van der Waals surface area contributed by atoms with E-state index in [9.17, 15) is 24.2 Å². The highest BCUT2D eigenvalue weighted by Crippen LogP contribution is 3.01. The number of esters is 1. The van der Waals surface area contributed by atoms with E-state index in [1.54, 1.807) is 19.1 Å². The van der Waals surface area contributed by atoms with E-state index in [2.05, 4.69) is 4.98 Å². The molecule has 0 saturated heterocycles. The number of benzene rings is 1. The molecular formula is C17H16F5NO2S. The van der Waals surface area contributed by atoms with Crippen molar-refractivity contribution in [3.05, 3.63) is 59.3 Å². The van der Waals surface area contributed by atoms with E-state index in [1.807, 2.05) is 12.1 Å². The molecule has 0 bridgehead atoms. The van der Waals surface area contributed by atoms with Gasteiger partial charge in [0.25, 0.3) is 0 Å². The molecule has 3 nitrogen and oxygen atoms in total. The van der Waals surface area contributed by atoms with Gasteiger partial charge in [-0.25, -0.2) is 4.98 Å². The van der Waals surface area contributed by atoms with Crippen LogP contribution in [0.4, 0.5) is 19.4 Å². The SMILES string of the molecule is CCOC(=O)C1(c2ccc(S(F)(F)(F)(F)F)nc2)Cc2ccccc2C1. The Morgan fingerprint density at radius 2 is 1.65 bits per heavy atom. The van der Waals surface area contributed by atoms with Gasteiger partial charge in [-0.15, -0.1) is 0 Å². The average Bonchev–Trinajstić information content (AvgIpc) is 2.94. The summed E-state index contributed by atoms with van der Waals surface area (Å²) in [5.74, 6) is -0.613. The summed E-state index contributed by atoms with van der Waals surface area (Å²) in [6.45, 7) is 1.71. The van der Waals surface area contributed by atoms with Crippen LogP contribution in [-0.4, -0.2) is 17.6 Å². The number of ether oxygens (including phenoxy) is 1. The highest BCUT2D eigenvalue weighted by Gasteiger charge is 2.67. The van der Waals surface area contributed by atoms with Gasteiger partial charge in [-0.05, 0) is 42.5 Å². The van der Waals surface area contributed by atoms with Gasteiger partial charge in [0.15, 0.2) is 5.03 Å². The number of hydrogen-bond acceptors (Lipinski definition) is 3. The van der Waals surface area contributed by atoms with Crippen molar-refractivity contribution >= 4 is 16.2 Å². The molecule has 1 aromatic carbocycles. The highest BCUT2D eigenvalue weighted by atomic mass is 32.5. The zero-order valence-corrected chi connectivity index (χ0v) is 14.5. The van der Waals surface area contributed by atoms with Crippen molar-refractivity contribution in [1.82, 2.24) is 4.98 Å². The van der Waals surface area contributed by atoms with E-state index in [-0.39, 0.29) is 31.1 Å². The van der Waals surface area contributed by atoms with Crippen molar-refractivity contribution in [2.45, 2.75) is 30.2 Å². The number of nitrogens with zero attached hydrogens (tertiary/aromatic N) is 1. The first-order valence-electron chi connectivity index (χ1n) is 7.80. The Kier molecular flexibility index (Phi) is 3.71. The third kappa shape index (κ3) is 3.27. The first-order chi connectivity index (χ1) is 11.9. The van der Waals surface area contributed by atoms with E-state index >= 15 is 0 Å². The number of aromatic nitrogens is 1. The lowest BCUT2D eigenvalue weighted by Gasteiger charge is -2.39. The Morgan fingerprint density at radius 3 is 2.08 bits per heavy atom. The summed E-state index contributed by atoms with van der Waals surface area (Å²) in [7, 11) is -9.86. The number of pyridine rings is 1. The maximum absolute atomic E-state index is 12.9. The Bertz CT molecular complexity index is 840. The van der Waals surface area contributed by atoms with Gasteiger partial charge >= 0.3 is 16.2 Å². The Hall–Kier alpha value is -2.16. The molecule has 0 amide bonds. The van der Waals surface area contributed by atoms with Crippen LogP contribution < -0.4 is 0 Å². The van der Waals surface area contributed by atoms with Gasteiger partial charge in [-0.2, -0.15) is 0 Å². The lowest BCUT2D eigenvalue weighted by atomic mass is 9.78. The third-order valence-corrected chi connectivity index (χ3v) is 5.49. The molecule has 0 atom stereocenters. The van der Waals surface area contributed by atoms with Crippen LogP contribution in [0, 0.1) is 0 Å². The van der Waals surface area contributed by atoms with Crippen molar-refractivity contribution < 1.29 is 29.0 Å². The molecule has 0 radical (unpaired) electrons. The molecule has 0 spiro atoms. The van der Waals surface area contributed by atoms with Crippen LogP contribution in [0.5, 0.6) is 0 Å². The van der Waals surface area contributed by atoms with Crippen molar-refractivity contribution in [3.63, 3.8) is 0 Å². The normalized spacial score (nSPS) is 18.5. The van der Waals surface area contributed by atoms with Crippen LogP contribution in [0.15, 0.2) is 47.6 Å². The van der Waals surface area contributed by atoms with Crippen molar-refractivity contribution in [3.8, 4) is 0 Å². The Morgan fingerprint density at radius 1 is 1.08 bits per heavy atom. The van der Waals surface area contributed by atoms with Crippen LogP contribution in [0.2, 0.25) is 0 Å². The first kappa shape index (κ1) is 18.6. The molecule has 0 saturated carbocycles. The molecule has 3 rings (SSSR count). The smallest absolute Gasteiger partial charge is 0.325 e. The molecule has 0 unspecified atom stereocenters. The van der Waals surface area contributed by atoms with Gasteiger partial charge in [0.2, 0.25) is 0 Å². The molecule has 1 aromatic heterocycles. The second kappa shape index (κ2) is 5.18. The van der Waals surface area contributed by atoms with Gasteiger partial charge in [-0.3, -0.25) is 4.79 Å². The zero-order chi connectivity index (χ0) is 19.3. The van der Waals surface area contributed by atoms with E-state index < -0.39 is 26.6 Å². The minimum Gasteiger partial charge on any atom is -0.465 e. The van der Waals surface area contributed by atoms with Gasteiger partial charge in [-0.1, -0.05) is 49.8 Å². The molecule has 1 aliphatic carbocycles. The van der Waals surface area contributed by atoms with Gasteiger partial charge in [0.05, 0.1) is 6.61 Å². The van der Waals surface area contributed by atoms with E-state index in [0.717, 1.165) is 17.2 Å². The summed E-state index contributed by atoms with van der Waals surface area (Å²) < 4.78 is 69.6. The van der Waals surface area contributed by atoms with Crippen LogP contribution in [0.25, 0.3) is 0 Å². The van der Waals surface area contributed by atoms with Crippen LogP contribution in [-0.2, 0) is 27.8 Å². The van der Waals surface area contributed by atoms with E-state index in [0.29, 0.717) is 6.20 Å². The maximum atomic E-state index is 12.9. The second-order valence-corrected chi connectivity index (χ2v) is 8.64. The first-order valence-corrected chi connectivity index (χ1v) is 9.75. The van der Waals surface area contributed by atoms with Crippen LogP contribution in [0.1, 0.15) is 23.6 Å². The largest absolute Gasteiger partial charge is 0.465 e. The highest BCUT2D eigenvalue weighted by molar-refractivity contribution is 8.45. The molecule has 0 aliphatic heterocycles. The predicted molar refractivity (Wildman–Crippen MR) is 87.8 cm³/mol. The number of carbonyl (C=O) groups is 1. The number of fused-ring (bicyclic) bond motifs is 1.